The first-order chi connectivity index (χ1) is 15.4. The van der Waals surface area contributed by atoms with Crippen LogP contribution in [0.15, 0.2) is 53.5 Å². The first-order valence-electron chi connectivity index (χ1n) is 10.2. The van der Waals surface area contributed by atoms with E-state index in [4.69, 9.17) is 16.3 Å². The molecule has 1 saturated heterocycles. The largest absolute Gasteiger partial charge is 0.385 e. The Bertz CT molecular complexity index is 1070. The fraction of sp³-hybridized carbons (Fsp3) is 0.304. The molecule has 0 amide bonds. The second-order valence-electron chi connectivity index (χ2n) is 7.22. The van der Waals surface area contributed by atoms with Crippen LogP contribution >= 0.6 is 11.6 Å². The van der Waals surface area contributed by atoms with Crippen molar-refractivity contribution in [1.82, 2.24) is 9.78 Å². The highest BCUT2D eigenvalue weighted by Gasteiger charge is 2.11. The summed E-state index contributed by atoms with van der Waals surface area (Å²) >= 11 is 6.02. The highest BCUT2D eigenvalue weighted by atomic mass is 35.5. The van der Waals surface area contributed by atoms with Crippen molar-refractivity contribution in [2.45, 2.75) is 19.3 Å². The zero-order chi connectivity index (χ0) is 23.1. The molecule has 0 radical (unpaired) electrons. The van der Waals surface area contributed by atoms with Crippen LogP contribution in [0.2, 0.25) is 5.02 Å². The number of nitrogens with one attached hydrogen (secondary N) is 1. The third kappa shape index (κ3) is 5.83. The van der Waals surface area contributed by atoms with Gasteiger partial charge in [-0.1, -0.05) is 11.6 Å². The van der Waals surface area contributed by atoms with Crippen LogP contribution in [0.4, 0.5) is 25.8 Å². The number of hydrogen-bond acceptors (Lipinski definition) is 5. The molecule has 32 heavy (non-hydrogen) atoms. The van der Waals surface area contributed by atoms with E-state index in [2.05, 4.69) is 10.4 Å². The maximum absolute atomic E-state index is 13.4. The molecule has 0 unspecified atom stereocenters. The topological polar surface area (TPSA) is 59.4 Å². The normalized spacial score (nSPS) is 13.2. The van der Waals surface area contributed by atoms with Gasteiger partial charge in [-0.15, -0.1) is 0 Å². The molecule has 1 fully saturated rings. The summed E-state index contributed by atoms with van der Waals surface area (Å²) in [5.74, 6) is -1.31. The molecule has 0 spiro atoms. The van der Waals surface area contributed by atoms with Gasteiger partial charge in [-0.25, -0.2) is 8.78 Å². The maximum atomic E-state index is 13.4. The van der Waals surface area contributed by atoms with Gasteiger partial charge in [0.1, 0.15) is 16.7 Å². The summed E-state index contributed by atoms with van der Waals surface area (Å²) in [6, 6.07) is 10.1. The van der Waals surface area contributed by atoms with E-state index in [1.54, 1.807) is 43.3 Å². The molecule has 1 aliphatic heterocycles. The Morgan fingerprint density at radius 3 is 2.16 bits per heavy atom. The Morgan fingerprint density at radius 1 is 1.03 bits per heavy atom. The molecular weight excluding hydrogens is 438 g/mol. The lowest BCUT2D eigenvalue weighted by molar-refractivity contribution is 0.0968. The molecule has 9 heteroatoms. The van der Waals surface area contributed by atoms with Crippen LogP contribution in [-0.4, -0.2) is 37.1 Å². The van der Waals surface area contributed by atoms with E-state index < -0.39 is 17.2 Å². The highest BCUT2D eigenvalue weighted by Crippen LogP contribution is 2.26. The molecule has 1 N–H and O–H groups in total. The summed E-state index contributed by atoms with van der Waals surface area (Å²) in [5.41, 5.74) is 1.56. The predicted molar refractivity (Wildman–Crippen MR) is 123 cm³/mol. The second kappa shape index (κ2) is 11.1. The van der Waals surface area contributed by atoms with Crippen molar-refractivity contribution in [3.8, 4) is 5.69 Å². The zero-order valence-corrected chi connectivity index (χ0v) is 18.7. The van der Waals surface area contributed by atoms with Crippen molar-refractivity contribution in [2.75, 3.05) is 37.5 Å². The number of aromatic nitrogens is 2. The standard InChI is InChI=1S/C18H15ClF2N4O.C5H10O/c1-22-16-10-23-25(18(26)17(16)19)14-5-3-13(4-6-14)24(2)15-8-11(20)7-12(21)9-15;1-2-4-6-5-3-1/h3-10,22H,1-2H3;1-5H2. The Hall–Kier alpha value is -2.97. The van der Waals surface area contributed by atoms with Gasteiger partial charge in [-0.2, -0.15) is 9.78 Å². The molecule has 1 aliphatic rings. The molecular formula is C23H25ClF2N4O2. The van der Waals surface area contributed by atoms with Crippen LogP contribution in [0.3, 0.4) is 0 Å². The number of benzene rings is 2. The molecule has 0 atom stereocenters. The van der Waals surface area contributed by atoms with E-state index >= 15 is 0 Å². The SMILES string of the molecule is C1CCOCC1.CNc1cnn(-c2ccc(N(C)c3cc(F)cc(F)c3)cc2)c(=O)c1Cl. The van der Waals surface area contributed by atoms with Gasteiger partial charge >= 0.3 is 0 Å². The van der Waals surface area contributed by atoms with Gasteiger partial charge in [-0.3, -0.25) is 4.79 Å². The van der Waals surface area contributed by atoms with Crippen molar-refractivity contribution in [3.63, 3.8) is 0 Å². The molecule has 4 rings (SSSR count). The monoisotopic (exact) mass is 462 g/mol. The molecule has 2 aromatic carbocycles. The van der Waals surface area contributed by atoms with E-state index in [0.717, 1.165) is 19.3 Å². The van der Waals surface area contributed by atoms with Gasteiger partial charge < -0.3 is 15.0 Å². The molecule has 3 aromatic rings. The maximum Gasteiger partial charge on any atom is 0.292 e. The van der Waals surface area contributed by atoms with Crippen molar-refractivity contribution < 1.29 is 13.5 Å². The van der Waals surface area contributed by atoms with Gasteiger partial charge in [-0.05, 0) is 55.7 Å². The van der Waals surface area contributed by atoms with E-state index in [1.165, 1.54) is 42.3 Å². The lowest BCUT2D eigenvalue weighted by Crippen LogP contribution is -2.22. The lowest BCUT2D eigenvalue weighted by Gasteiger charge is -2.20. The average molecular weight is 463 g/mol. The summed E-state index contributed by atoms with van der Waals surface area (Å²) in [6.07, 6.45) is 5.39. The van der Waals surface area contributed by atoms with E-state index in [1.807, 2.05) is 0 Å². The Morgan fingerprint density at radius 2 is 1.66 bits per heavy atom. The smallest absolute Gasteiger partial charge is 0.292 e. The number of halogens is 3. The summed E-state index contributed by atoms with van der Waals surface area (Å²) in [4.78, 5) is 13.9. The van der Waals surface area contributed by atoms with Crippen LogP contribution in [-0.2, 0) is 4.74 Å². The van der Waals surface area contributed by atoms with Crippen LogP contribution in [0.25, 0.3) is 5.69 Å². The van der Waals surface area contributed by atoms with Gasteiger partial charge in [0, 0.05) is 44.8 Å². The average Bonchev–Trinajstić information content (AvgIpc) is 2.81. The molecule has 6 nitrogen and oxygen atoms in total. The Kier molecular flexibility index (Phi) is 8.19. The number of anilines is 3. The van der Waals surface area contributed by atoms with E-state index in [-0.39, 0.29) is 5.02 Å². The molecule has 0 aliphatic carbocycles. The number of hydrogen-bond donors (Lipinski definition) is 1. The summed E-state index contributed by atoms with van der Waals surface area (Å²) < 4.78 is 33.1. The minimum atomic E-state index is -0.654. The highest BCUT2D eigenvalue weighted by molar-refractivity contribution is 6.32. The van der Waals surface area contributed by atoms with E-state index in [9.17, 15) is 13.6 Å². The van der Waals surface area contributed by atoms with Gasteiger partial charge in [0.25, 0.3) is 5.56 Å². The second-order valence-corrected chi connectivity index (χ2v) is 7.59. The van der Waals surface area contributed by atoms with Crippen molar-refractivity contribution in [3.05, 3.63) is 75.7 Å². The van der Waals surface area contributed by atoms with Crippen LogP contribution in [0, 0.1) is 11.6 Å². The number of nitrogens with zero attached hydrogens (tertiary/aromatic N) is 3. The molecule has 170 valence electrons. The first-order valence-corrected chi connectivity index (χ1v) is 10.6. The van der Waals surface area contributed by atoms with Gasteiger partial charge in [0.2, 0.25) is 0 Å². The lowest BCUT2D eigenvalue weighted by atomic mass is 10.2. The number of rotatable bonds is 4. The van der Waals surface area contributed by atoms with Crippen LogP contribution in [0.5, 0.6) is 0 Å². The fourth-order valence-electron chi connectivity index (χ4n) is 3.18. The minimum absolute atomic E-state index is 0.0407. The predicted octanol–water partition coefficient (Wildman–Crippen LogP) is 5.16. The summed E-state index contributed by atoms with van der Waals surface area (Å²) in [7, 11) is 3.33. The zero-order valence-electron chi connectivity index (χ0n) is 17.9. The Labute approximate surface area is 190 Å². The summed E-state index contributed by atoms with van der Waals surface area (Å²) in [5, 5.41) is 6.91. The van der Waals surface area contributed by atoms with Crippen LogP contribution in [0.1, 0.15) is 19.3 Å². The molecule has 0 saturated carbocycles. The van der Waals surface area contributed by atoms with Crippen molar-refractivity contribution in [2.24, 2.45) is 0 Å². The van der Waals surface area contributed by atoms with E-state index in [0.29, 0.717) is 22.7 Å². The van der Waals surface area contributed by atoms with Crippen LogP contribution < -0.4 is 15.8 Å². The third-order valence-corrected chi connectivity index (χ3v) is 5.35. The Balaban J connectivity index is 0.000000416. The molecule has 0 bridgehead atoms. The quantitative estimate of drug-likeness (QED) is 0.580. The fourth-order valence-corrected chi connectivity index (χ4v) is 3.40. The third-order valence-electron chi connectivity index (χ3n) is 4.98. The van der Waals surface area contributed by atoms with Gasteiger partial charge in [0.15, 0.2) is 0 Å². The first kappa shape index (κ1) is 23.7. The van der Waals surface area contributed by atoms with Crippen molar-refractivity contribution in [1.29, 1.82) is 0 Å². The van der Waals surface area contributed by atoms with Gasteiger partial charge in [0.05, 0.1) is 17.6 Å². The van der Waals surface area contributed by atoms with Crippen molar-refractivity contribution >= 4 is 28.7 Å². The summed E-state index contributed by atoms with van der Waals surface area (Å²) in [6.45, 7) is 2.00. The molecule has 2 heterocycles. The molecule has 1 aromatic heterocycles. The number of ether oxygens (including phenoxy) is 1. The minimum Gasteiger partial charge on any atom is -0.385 e.